The first-order valence-corrected chi connectivity index (χ1v) is 9.61. The Morgan fingerprint density at radius 2 is 1.84 bits per heavy atom. The number of aryl methyl sites for hydroxylation is 1. The first kappa shape index (κ1) is 18.3. The van der Waals surface area contributed by atoms with Crippen molar-refractivity contribution >= 4 is 5.91 Å². The number of hydrogen-bond acceptors (Lipinski definition) is 5. The lowest BCUT2D eigenvalue weighted by molar-refractivity contribution is -0.133. The lowest BCUT2D eigenvalue weighted by atomic mass is 9.91. The van der Waals surface area contributed by atoms with Crippen molar-refractivity contribution in [1.82, 2.24) is 19.8 Å². The number of nitrogens with zero attached hydrogens (tertiary/aromatic N) is 4. The number of likely N-dealkylation sites (tertiary alicyclic amines) is 2. The number of hydrogen-bond donors (Lipinski definition) is 1. The van der Waals surface area contributed by atoms with Gasteiger partial charge in [0.1, 0.15) is 5.82 Å². The van der Waals surface area contributed by atoms with Crippen LogP contribution in [0.5, 0.6) is 0 Å². The molecule has 0 atom stereocenters. The minimum Gasteiger partial charge on any atom is -0.392 e. The topological polar surface area (TPSA) is 69.6 Å². The molecule has 0 saturated carbocycles. The van der Waals surface area contributed by atoms with Gasteiger partial charge in [-0.2, -0.15) is 0 Å². The lowest BCUT2D eigenvalue weighted by Gasteiger charge is -2.33. The molecule has 3 rings (SSSR count). The Morgan fingerprint density at radius 3 is 2.48 bits per heavy atom. The number of aliphatic hydroxyl groups excluding tert-OH is 1. The number of carbonyl (C=O) groups excluding carboxylic acids is 1. The zero-order chi connectivity index (χ0) is 17.6. The van der Waals surface area contributed by atoms with Crippen molar-refractivity contribution in [2.45, 2.75) is 58.0 Å². The Balaban J connectivity index is 1.54. The van der Waals surface area contributed by atoms with E-state index < -0.39 is 0 Å². The van der Waals surface area contributed by atoms with Crippen LogP contribution < -0.4 is 0 Å². The van der Waals surface area contributed by atoms with E-state index in [1.54, 1.807) is 6.20 Å². The fraction of sp³-hybridized carbons (Fsp3) is 0.737. The summed E-state index contributed by atoms with van der Waals surface area (Å²) < 4.78 is 0. The maximum atomic E-state index is 12.6. The highest BCUT2D eigenvalue weighted by Crippen LogP contribution is 2.29. The smallest absolute Gasteiger partial charge is 0.236 e. The number of aliphatic hydroxyl groups is 1. The van der Waals surface area contributed by atoms with Gasteiger partial charge in [0, 0.05) is 30.8 Å². The molecule has 1 N–H and O–H groups in total. The van der Waals surface area contributed by atoms with E-state index in [4.69, 9.17) is 0 Å². The second-order valence-electron chi connectivity index (χ2n) is 7.33. The van der Waals surface area contributed by atoms with Crippen LogP contribution in [0.15, 0.2) is 6.20 Å². The highest BCUT2D eigenvalue weighted by atomic mass is 16.3. The summed E-state index contributed by atoms with van der Waals surface area (Å²) in [6.45, 7) is 6.11. The molecule has 138 valence electrons. The molecule has 0 aliphatic carbocycles. The summed E-state index contributed by atoms with van der Waals surface area (Å²) in [5.74, 6) is 1.32. The third kappa shape index (κ3) is 4.76. The SMILES string of the molecule is Cc1ncc(CO)c(C2CCN(C(=O)CN3CCCCCC3)CC2)n1. The zero-order valence-electron chi connectivity index (χ0n) is 15.3. The quantitative estimate of drug-likeness (QED) is 0.901. The number of amides is 1. The van der Waals surface area contributed by atoms with Crippen LogP contribution in [0.25, 0.3) is 0 Å². The van der Waals surface area contributed by atoms with Gasteiger partial charge in [0.2, 0.25) is 5.91 Å². The van der Waals surface area contributed by atoms with Gasteiger partial charge in [-0.1, -0.05) is 12.8 Å². The van der Waals surface area contributed by atoms with Gasteiger partial charge in [-0.05, 0) is 45.7 Å². The van der Waals surface area contributed by atoms with Crippen LogP contribution in [0.1, 0.15) is 61.5 Å². The van der Waals surface area contributed by atoms with Crippen molar-refractivity contribution in [3.8, 4) is 0 Å². The van der Waals surface area contributed by atoms with Gasteiger partial charge in [-0.15, -0.1) is 0 Å². The fourth-order valence-electron chi connectivity index (χ4n) is 3.98. The molecule has 3 heterocycles. The first-order valence-electron chi connectivity index (χ1n) is 9.61. The molecule has 6 nitrogen and oxygen atoms in total. The minimum absolute atomic E-state index is 0.0241. The average molecular weight is 346 g/mol. The Labute approximate surface area is 150 Å². The normalized spacial score (nSPS) is 20.5. The standard InChI is InChI=1S/C19H30N4O2/c1-15-20-12-17(14-24)19(21-15)16-6-10-23(11-7-16)18(25)13-22-8-4-2-3-5-9-22/h12,16,24H,2-11,13-14H2,1H3. The van der Waals surface area contributed by atoms with Crippen LogP contribution in [-0.2, 0) is 11.4 Å². The van der Waals surface area contributed by atoms with Gasteiger partial charge in [0.05, 0.1) is 18.8 Å². The molecule has 2 fully saturated rings. The molecule has 2 saturated heterocycles. The van der Waals surface area contributed by atoms with Gasteiger partial charge >= 0.3 is 0 Å². The minimum atomic E-state index is -0.0241. The third-order valence-corrected chi connectivity index (χ3v) is 5.48. The van der Waals surface area contributed by atoms with Crippen molar-refractivity contribution in [3.05, 3.63) is 23.3 Å². The van der Waals surface area contributed by atoms with Crippen LogP contribution in [0.4, 0.5) is 0 Å². The molecular weight excluding hydrogens is 316 g/mol. The van der Waals surface area contributed by atoms with E-state index in [-0.39, 0.29) is 12.5 Å². The maximum Gasteiger partial charge on any atom is 0.236 e. The van der Waals surface area contributed by atoms with E-state index in [1.807, 2.05) is 11.8 Å². The zero-order valence-corrected chi connectivity index (χ0v) is 15.3. The summed E-state index contributed by atoms with van der Waals surface area (Å²) >= 11 is 0. The van der Waals surface area contributed by atoms with Gasteiger partial charge in [-0.25, -0.2) is 9.97 Å². The monoisotopic (exact) mass is 346 g/mol. The number of carbonyl (C=O) groups is 1. The van der Waals surface area contributed by atoms with Gasteiger partial charge in [0.15, 0.2) is 0 Å². The molecule has 1 amide bonds. The van der Waals surface area contributed by atoms with Crippen molar-refractivity contribution in [2.75, 3.05) is 32.7 Å². The molecular formula is C19H30N4O2. The Kier molecular flexibility index (Phi) is 6.37. The van der Waals surface area contributed by atoms with E-state index in [2.05, 4.69) is 14.9 Å². The molecule has 6 heteroatoms. The number of aromatic nitrogens is 2. The van der Waals surface area contributed by atoms with Gasteiger partial charge in [-0.3, -0.25) is 9.69 Å². The summed E-state index contributed by atoms with van der Waals surface area (Å²) in [7, 11) is 0. The molecule has 1 aromatic heterocycles. The van der Waals surface area contributed by atoms with Crippen LogP contribution in [0, 0.1) is 6.92 Å². The van der Waals surface area contributed by atoms with Crippen molar-refractivity contribution in [2.24, 2.45) is 0 Å². The highest BCUT2D eigenvalue weighted by molar-refractivity contribution is 5.78. The molecule has 2 aliphatic rings. The molecule has 0 aromatic carbocycles. The molecule has 1 aromatic rings. The largest absolute Gasteiger partial charge is 0.392 e. The molecule has 2 aliphatic heterocycles. The lowest BCUT2D eigenvalue weighted by Crippen LogP contribution is -2.44. The van der Waals surface area contributed by atoms with Crippen LogP contribution in [0.2, 0.25) is 0 Å². The first-order chi connectivity index (χ1) is 12.2. The van der Waals surface area contributed by atoms with Gasteiger partial charge < -0.3 is 10.0 Å². The summed E-state index contributed by atoms with van der Waals surface area (Å²) in [6.07, 6.45) is 8.57. The fourth-order valence-corrected chi connectivity index (χ4v) is 3.98. The number of piperidine rings is 1. The Hall–Kier alpha value is -1.53. The Morgan fingerprint density at radius 1 is 1.16 bits per heavy atom. The van der Waals surface area contributed by atoms with E-state index in [0.29, 0.717) is 12.5 Å². The molecule has 0 radical (unpaired) electrons. The number of rotatable bonds is 4. The molecule has 0 spiro atoms. The van der Waals surface area contributed by atoms with Gasteiger partial charge in [0.25, 0.3) is 0 Å². The second-order valence-corrected chi connectivity index (χ2v) is 7.33. The maximum absolute atomic E-state index is 12.6. The predicted molar refractivity (Wildman–Crippen MR) is 96.2 cm³/mol. The second kappa shape index (κ2) is 8.72. The van der Waals surface area contributed by atoms with E-state index in [1.165, 1.54) is 25.7 Å². The van der Waals surface area contributed by atoms with E-state index in [0.717, 1.165) is 56.1 Å². The summed E-state index contributed by atoms with van der Waals surface area (Å²) in [5, 5.41) is 9.54. The molecule has 25 heavy (non-hydrogen) atoms. The van der Waals surface area contributed by atoms with E-state index >= 15 is 0 Å². The Bertz CT molecular complexity index is 577. The van der Waals surface area contributed by atoms with Crippen molar-refractivity contribution in [1.29, 1.82) is 0 Å². The predicted octanol–water partition coefficient (Wildman–Crippen LogP) is 1.86. The van der Waals surface area contributed by atoms with E-state index in [9.17, 15) is 9.90 Å². The summed E-state index contributed by atoms with van der Waals surface area (Å²) in [6, 6.07) is 0. The average Bonchev–Trinajstić information content (AvgIpc) is 2.90. The van der Waals surface area contributed by atoms with Crippen LogP contribution in [-0.4, -0.2) is 63.5 Å². The van der Waals surface area contributed by atoms with Crippen LogP contribution in [0.3, 0.4) is 0 Å². The summed E-state index contributed by atoms with van der Waals surface area (Å²) in [5.41, 5.74) is 1.79. The van der Waals surface area contributed by atoms with Crippen molar-refractivity contribution < 1.29 is 9.90 Å². The summed E-state index contributed by atoms with van der Waals surface area (Å²) in [4.78, 5) is 25.7. The molecule has 0 unspecified atom stereocenters. The molecule has 0 bridgehead atoms. The van der Waals surface area contributed by atoms with Crippen molar-refractivity contribution in [3.63, 3.8) is 0 Å². The van der Waals surface area contributed by atoms with Crippen LogP contribution >= 0.6 is 0 Å². The highest BCUT2D eigenvalue weighted by Gasteiger charge is 2.27. The third-order valence-electron chi connectivity index (χ3n) is 5.48.